The second kappa shape index (κ2) is 16.1. The predicted octanol–water partition coefficient (Wildman–Crippen LogP) is 2.81. The van der Waals surface area contributed by atoms with Crippen molar-refractivity contribution in [2.75, 3.05) is 46.6 Å². The molecule has 2 atom stereocenters. The van der Waals surface area contributed by atoms with Gasteiger partial charge in [-0.2, -0.15) is 0 Å². The van der Waals surface area contributed by atoms with Gasteiger partial charge < -0.3 is 24.8 Å². The number of ether oxygens (including phenoxy) is 3. The van der Waals surface area contributed by atoms with Crippen LogP contribution >= 0.6 is 24.0 Å². The zero-order valence-corrected chi connectivity index (χ0v) is 18.7. The predicted molar refractivity (Wildman–Crippen MR) is 114 cm³/mol. The van der Waals surface area contributed by atoms with Gasteiger partial charge in [-0.25, -0.2) is 0 Å². The van der Waals surface area contributed by atoms with Gasteiger partial charge in [0.1, 0.15) is 0 Å². The highest BCUT2D eigenvalue weighted by Crippen LogP contribution is 2.12. The van der Waals surface area contributed by atoms with Crippen LogP contribution in [0.4, 0.5) is 0 Å². The normalized spacial score (nSPS) is 18.9. The number of nitrogens with one attached hydrogen (secondary N) is 2. The molecule has 0 radical (unpaired) electrons. The Bertz CT molecular complexity index is 338. The minimum atomic E-state index is 0. The molecule has 1 fully saturated rings. The van der Waals surface area contributed by atoms with E-state index in [-0.39, 0.29) is 24.0 Å². The lowest BCUT2D eigenvalue weighted by Gasteiger charge is -2.21. The van der Waals surface area contributed by atoms with Crippen LogP contribution in [0.15, 0.2) is 4.99 Å². The summed E-state index contributed by atoms with van der Waals surface area (Å²) in [5.74, 6) is 1.37. The molecule has 0 saturated carbocycles. The summed E-state index contributed by atoms with van der Waals surface area (Å²) in [6.45, 7) is 11.3. The average Bonchev–Trinajstić information content (AvgIpc) is 3.08. The summed E-state index contributed by atoms with van der Waals surface area (Å²) in [4.78, 5) is 4.25. The zero-order chi connectivity index (χ0) is 17.6. The van der Waals surface area contributed by atoms with Crippen LogP contribution in [0.25, 0.3) is 0 Å². The van der Waals surface area contributed by atoms with Gasteiger partial charge >= 0.3 is 0 Å². The lowest BCUT2D eigenvalue weighted by atomic mass is 10.0. The molecule has 0 aromatic rings. The van der Waals surface area contributed by atoms with E-state index >= 15 is 0 Å². The molecule has 1 aliphatic rings. The van der Waals surface area contributed by atoms with Crippen LogP contribution in [-0.4, -0.2) is 64.7 Å². The minimum Gasteiger partial charge on any atom is -0.379 e. The smallest absolute Gasteiger partial charge is 0.190 e. The third-order valence-electron chi connectivity index (χ3n) is 4.15. The Morgan fingerprint density at radius 1 is 1.28 bits per heavy atom. The first kappa shape index (κ1) is 24.9. The number of halogens is 1. The summed E-state index contributed by atoms with van der Waals surface area (Å²) in [7, 11) is 1.80. The molecule has 1 rings (SSSR count). The quantitative estimate of drug-likeness (QED) is 0.198. The molecule has 25 heavy (non-hydrogen) atoms. The molecule has 1 saturated heterocycles. The van der Waals surface area contributed by atoms with Crippen molar-refractivity contribution in [3.63, 3.8) is 0 Å². The number of aliphatic imine (C=N–C) groups is 1. The topological polar surface area (TPSA) is 64.1 Å². The fraction of sp³-hybridized carbons (Fsp3) is 0.944. The minimum absolute atomic E-state index is 0. The van der Waals surface area contributed by atoms with Gasteiger partial charge in [0, 0.05) is 40.0 Å². The first-order valence-corrected chi connectivity index (χ1v) is 9.42. The average molecular weight is 471 g/mol. The highest BCUT2D eigenvalue weighted by Gasteiger charge is 2.15. The van der Waals surface area contributed by atoms with Crippen LogP contribution in [0, 0.1) is 5.92 Å². The van der Waals surface area contributed by atoms with Crippen LogP contribution in [0.5, 0.6) is 0 Å². The van der Waals surface area contributed by atoms with Crippen molar-refractivity contribution in [3.05, 3.63) is 0 Å². The lowest BCUT2D eigenvalue weighted by Crippen LogP contribution is -2.40. The van der Waals surface area contributed by atoms with Crippen molar-refractivity contribution in [3.8, 4) is 0 Å². The fourth-order valence-electron chi connectivity index (χ4n) is 2.75. The second-order valence-corrected chi connectivity index (χ2v) is 6.52. The third-order valence-corrected chi connectivity index (χ3v) is 4.15. The van der Waals surface area contributed by atoms with Gasteiger partial charge in [0.15, 0.2) is 5.96 Å². The molecule has 1 aliphatic heterocycles. The van der Waals surface area contributed by atoms with E-state index in [9.17, 15) is 0 Å². The summed E-state index contributed by atoms with van der Waals surface area (Å²) in [5, 5.41) is 6.67. The fourth-order valence-corrected chi connectivity index (χ4v) is 2.75. The summed E-state index contributed by atoms with van der Waals surface area (Å²) in [6, 6.07) is 0. The van der Waals surface area contributed by atoms with Gasteiger partial charge in [-0.05, 0) is 38.5 Å². The Labute approximate surface area is 170 Å². The van der Waals surface area contributed by atoms with Crippen LogP contribution in [-0.2, 0) is 14.2 Å². The van der Waals surface area contributed by atoms with Crippen LogP contribution in [0.1, 0.15) is 46.5 Å². The zero-order valence-electron chi connectivity index (χ0n) is 16.4. The van der Waals surface area contributed by atoms with Gasteiger partial charge in [0.25, 0.3) is 0 Å². The van der Waals surface area contributed by atoms with E-state index in [1.165, 1.54) is 6.42 Å². The third kappa shape index (κ3) is 12.0. The molecule has 2 unspecified atom stereocenters. The monoisotopic (exact) mass is 471 g/mol. The van der Waals surface area contributed by atoms with Gasteiger partial charge in [0.2, 0.25) is 0 Å². The number of guanidine groups is 1. The molecule has 0 aromatic heterocycles. The van der Waals surface area contributed by atoms with E-state index in [0.717, 1.165) is 64.7 Å². The number of nitrogens with zero attached hydrogens (tertiary/aromatic N) is 1. The van der Waals surface area contributed by atoms with Gasteiger partial charge in [0.05, 0.1) is 18.8 Å². The second-order valence-electron chi connectivity index (χ2n) is 6.52. The van der Waals surface area contributed by atoms with Crippen molar-refractivity contribution in [2.45, 2.75) is 58.7 Å². The highest BCUT2D eigenvalue weighted by atomic mass is 127. The van der Waals surface area contributed by atoms with Crippen molar-refractivity contribution in [1.29, 1.82) is 0 Å². The number of hydrogen-bond donors (Lipinski definition) is 2. The molecule has 150 valence electrons. The van der Waals surface area contributed by atoms with Crippen LogP contribution < -0.4 is 10.6 Å². The van der Waals surface area contributed by atoms with Gasteiger partial charge in [-0.1, -0.05) is 13.8 Å². The molecule has 0 spiro atoms. The first-order chi connectivity index (χ1) is 11.7. The van der Waals surface area contributed by atoms with Crippen LogP contribution in [0.3, 0.4) is 0 Å². The molecule has 7 heteroatoms. The van der Waals surface area contributed by atoms with Crippen molar-refractivity contribution in [1.82, 2.24) is 10.6 Å². The molecule has 0 aromatic carbocycles. The maximum absolute atomic E-state index is 5.76. The molecule has 1 heterocycles. The van der Waals surface area contributed by atoms with E-state index in [4.69, 9.17) is 14.2 Å². The standard InChI is InChI=1S/C18H37N3O3.HI/c1-5-23-17(15(2)3)9-11-21-18(19-4)20-10-7-12-22-14-16-8-6-13-24-16;/h15-17H,5-14H2,1-4H3,(H2,19,20,21);1H. The largest absolute Gasteiger partial charge is 0.379 e. The lowest BCUT2D eigenvalue weighted by molar-refractivity contribution is 0.0168. The van der Waals surface area contributed by atoms with Gasteiger partial charge in [-0.3, -0.25) is 4.99 Å². The van der Waals surface area contributed by atoms with Crippen LogP contribution in [0.2, 0.25) is 0 Å². The van der Waals surface area contributed by atoms with Gasteiger partial charge in [-0.15, -0.1) is 24.0 Å². The summed E-state index contributed by atoms with van der Waals surface area (Å²) in [5.41, 5.74) is 0. The van der Waals surface area contributed by atoms with E-state index < -0.39 is 0 Å². The van der Waals surface area contributed by atoms with E-state index in [2.05, 4.69) is 29.5 Å². The molecule has 6 nitrogen and oxygen atoms in total. The Kier molecular flexibility index (Phi) is 16.0. The maximum Gasteiger partial charge on any atom is 0.190 e. The van der Waals surface area contributed by atoms with Crippen molar-refractivity contribution >= 4 is 29.9 Å². The molecule has 0 amide bonds. The maximum atomic E-state index is 5.76. The van der Waals surface area contributed by atoms with Crippen molar-refractivity contribution < 1.29 is 14.2 Å². The SMILES string of the molecule is CCOC(CCNC(=NC)NCCCOCC1CCCO1)C(C)C.I. The first-order valence-electron chi connectivity index (χ1n) is 9.42. The van der Waals surface area contributed by atoms with E-state index in [1.807, 2.05) is 6.92 Å². The molecular weight excluding hydrogens is 433 g/mol. The van der Waals surface area contributed by atoms with E-state index in [0.29, 0.717) is 18.1 Å². The number of hydrogen-bond acceptors (Lipinski definition) is 4. The highest BCUT2D eigenvalue weighted by molar-refractivity contribution is 14.0. The molecular formula is C18H38IN3O3. The Morgan fingerprint density at radius 3 is 2.64 bits per heavy atom. The Balaban J connectivity index is 0.00000576. The molecule has 0 bridgehead atoms. The summed E-state index contributed by atoms with van der Waals surface area (Å²) >= 11 is 0. The summed E-state index contributed by atoms with van der Waals surface area (Å²) < 4.78 is 16.9. The van der Waals surface area contributed by atoms with Crippen molar-refractivity contribution in [2.24, 2.45) is 10.9 Å². The van der Waals surface area contributed by atoms with E-state index in [1.54, 1.807) is 7.05 Å². The Morgan fingerprint density at radius 2 is 2.04 bits per heavy atom. The summed E-state index contributed by atoms with van der Waals surface area (Å²) in [6.07, 6.45) is 4.85. The number of rotatable bonds is 12. The molecule has 2 N–H and O–H groups in total. The molecule has 0 aliphatic carbocycles. The Hall–Kier alpha value is -0.120.